The zero-order valence-electron chi connectivity index (χ0n) is 4.70. The van der Waals surface area contributed by atoms with Crippen molar-refractivity contribution in [3.05, 3.63) is 24.3 Å². The predicted molar refractivity (Wildman–Crippen MR) is 43.1 cm³/mol. The van der Waals surface area contributed by atoms with Gasteiger partial charge in [0.15, 0.2) is 0 Å². The Balaban J connectivity index is 2.63. The van der Waals surface area contributed by atoms with E-state index in [0.29, 0.717) is 8.73 Å². The van der Waals surface area contributed by atoms with E-state index >= 15 is 0 Å². The van der Waals surface area contributed by atoms with Crippen LogP contribution in [0.2, 0.25) is 0 Å². The van der Waals surface area contributed by atoms with E-state index in [9.17, 15) is 0 Å². The lowest BCUT2D eigenvalue weighted by Gasteiger charge is -1.83. The first-order valence-electron chi connectivity index (χ1n) is 2.72. The first-order chi connectivity index (χ1) is 4.47. The topological polar surface area (TPSA) is 14.1 Å². The van der Waals surface area contributed by atoms with Gasteiger partial charge in [0.05, 0.1) is 15.1 Å². The fraction of sp³-hybridized carbons (Fsp3) is 0. The van der Waals surface area contributed by atoms with Gasteiger partial charge >= 0.3 is 8.37 Å². The molecule has 1 aromatic rings. The van der Waals surface area contributed by atoms with Crippen molar-refractivity contribution in [3.63, 3.8) is 0 Å². The molecule has 0 fully saturated rings. The Bertz CT molecular complexity index is 257. The first kappa shape index (κ1) is 5.53. The van der Waals surface area contributed by atoms with E-state index in [1.54, 1.807) is 0 Å². The lowest BCUT2D eigenvalue weighted by atomic mass is 10.4. The van der Waals surface area contributed by atoms with Gasteiger partial charge in [-0.1, -0.05) is 12.1 Å². The van der Waals surface area contributed by atoms with Crippen LogP contribution in [-0.4, -0.2) is 0 Å². The lowest BCUT2D eigenvalue weighted by molar-refractivity contribution is 1.81. The summed E-state index contributed by atoms with van der Waals surface area (Å²) in [6.07, 6.45) is 0. The smallest absolute Gasteiger partial charge is 0.0613 e. The van der Waals surface area contributed by atoms with Gasteiger partial charge in [-0.2, -0.15) is 0 Å². The van der Waals surface area contributed by atoms with Crippen molar-refractivity contribution >= 4 is 27.7 Å². The van der Waals surface area contributed by atoms with Gasteiger partial charge in [-0.05, 0) is 12.1 Å². The number of fused-ring (bicyclic) bond motifs is 1. The number of nitrogens with zero attached hydrogens (tertiary/aromatic N) is 1. The van der Waals surface area contributed by atoms with Crippen LogP contribution >= 0.6 is 17.1 Å². The molecular weight excluding hydrogens is 148 g/mol. The van der Waals surface area contributed by atoms with Crippen LogP contribution in [0.3, 0.4) is 0 Å². The Morgan fingerprint density at radius 3 is 3.11 bits per heavy atom. The Morgan fingerprint density at radius 2 is 2.22 bits per heavy atom. The average Bonchev–Trinajstić information content (AvgIpc) is 2.33. The Labute approximate surface area is 57.2 Å². The van der Waals surface area contributed by atoms with Crippen molar-refractivity contribution in [2.45, 2.75) is 0 Å². The minimum Gasteiger partial charge on any atom is -0.0613 e. The maximum absolute atomic E-state index is 4.25. The highest BCUT2D eigenvalue weighted by Crippen LogP contribution is 2.15. The third-order valence-electron chi connectivity index (χ3n) is 1.23. The Hall–Kier alpha value is -0.250. The molecule has 1 unspecified atom stereocenters. The quantitative estimate of drug-likeness (QED) is 0.494. The van der Waals surface area contributed by atoms with Gasteiger partial charge in [-0.25, -0.2) is 0 Å². The van der Waals surface area contributed by atoms with Gasteiger partial charge in [0, 0.05) is 0 Å². The molecule has 0 amide bonds. The molecule has 9 heavy (non-hydrogen) atoms. The highest BCUT2D eigenvalue weighted by Gasteiger charge is 2.16. The van der Waals surface area contributed by atoms with Crippen LogP contribution in [0.25, 0.3) is 0 Å². The molecule has 1 heterocycles. The molecular formula is C6H5NP2+. The minimum atomic E-state index is 0.692. The molecule has 0 aromatic heterocycles. The summed E-state index contributed by atoms with van der Waals surface area (Å²) in [5, 5.41) is 2.80. The molecule has 0 bridgehead atoms. The third kappa shape index (κ3) is 0.913. The normalized spacial score (nSPS) is 18.2. The molecule has 0 N–H and O–H groups in total. The second-order valence-electron chi connectivity index (χ2n) is 1.83. The fourth-order valence-corrected chi connectivity index (χ4v) is 2.85. The van der Waals surface area contributed by atoms with Gasteiger partial charge in [-0.15, -0.1) is 0 Å². The summed E-state index contributed by atoms with van der Waals surface area (Å²) in [7, 11) is 1.85. The van der Waals surface area contributed by atoms with E-state index < -0.39 is 0 Å². The first-order valence-corrected chi connectivity index (χ1v) is 4.52. The molecule has 1 atom stereocenters. The van der Waals surface area contributed by atoms with Gasteiger partial charge in [0.1, 0.15) is 0 Å². The summed E-state index contributed by atoms with van der Waals surface area (Å²) in [5.74, 6) is 0. The molecule has 43 valence electrons. The molecule has 0 saturated carbocycles. The van der Waals surface area contributed by atoms with Crippen molar-refractivity contribution in [2.24, 2.45) is 0 Å². The second kappa shape index (κ2) is 2.17. The molecule has 1 nitrogen and oxygen atoms in total. The zero-order valence-corrected chi connectivity index (χ0v) is 6.60. The van der Waals surface area contributed by atoms with Crippen LogP contribution in [0.15, 0.2) is 24.3 Å². The number of hydrogen-bond acceptors (Lipinski definition) is 1. The van der Waals surface area contributed by atoms with E-state index in [1.165, 1.54) is 10.6 Å². The molecule has 3 heteroatoms. The van der Waals surface area contributed by atoms with Gasteiger partial charge in [0.25, 0.3) is 8.73 Å². The summed E-state index contributed by atoms with van der Waals surface area (Å²) in [6.45, 7) is 0. The second-order valence-corrected chi connectivity index (χ2v) is 4.07. The van der Waals surface area contributed by atoms with E-state index in [2.05, 4.69) is 28.8 Å². The highest BCUT2D eigenvalue weighted by atomic mass is 31.1. The van der Waals surface area contributed by atoms with Crippen molar-refractivity contribution < 1.29 is 0 Å². The van der Waals surface area contributed by atoms with Crippen LogP contribution < -0.4 is 15.1 Å². The fourth-order valence-electron chi connectivity index (χ4n) is 0.788. The van der Waals surface area contributed by atoms with Crippen molar-refractivity contribution in [1.29, 1.82) is 0 Å². The van der Waals surface area contributed by atoms with Crippen LogP contribution in [0.4, 0.5) is 0 Å². The SMILES string of the molecule is c1ccc2c(c1)P=[N+]P2. The summed E-state index contributed by atoms with van der Waals surface area (Å²) < 4.78 is 4.25. The zero-order chi connectivity index (χ0) is 6.10. The number of benzene rings is 1. The Kier molecular flexibility index (Phi) is 1.33. The molecule has 1 aromatic carbocycles. The van der Waals surface area contributed by atoms with Crippen LogP contribution in [0.1, 0.15) is 0 Å². The van der Waals surface area contributed by atoms with Crippen LogP contribution in [0.5, 0.6) is 0 Å². The molecule has 1 aliphatic rings. The van der Waals surface area contributed by atoms with Gasteiger partial charge in [0.2, 0.25) is 0 Å². The molecule has 0 saturated heterocycles. The highest BCUT2D eigenvalue weighted by molar-refractivity contribution is 7.59. The molecule has 1 radical (unpaired) electrons. The van der Waals surface area contributed by atoms with Crippen molar-refractivity contribution in [1.82, 2.24) is 4.52 Å². The van der Waals surface area contributed by atoms with E-state index in [0.717, 1.165) is 8.37 Å². The molecule has 0 spiro atoms. The summed E-state index contributed by atoms with van der Waals surface area (Å²) in [5.41, 5.74) is 0. The number of hydrogen-bond donors (Lipinski definition) is 0. The van der Waals surface area contributed by atoms with Crippen LogP contribution in [-0.2, 0) is 0 Å². The van der Waals surface area contributed by atoms with E-state index in [4.69, 9.17) is 0 Å². The largest absolute Gasteiger partial charge is 0.325 e. The van der Waals surface area contributed by atoms with Gasteiger partial charge in [-0.3, -0.25) is 0 Å². The predicted octanol–water partition coefficient (Wildman–Crippen LogP) is 1.01. The number of rotatable bonds is 0. The average molecular weight is 153 g/mol. The molecule has 1 aliphatic heterocycles. The van der Waals surface area contributed by atoms with Crippen molar-refractivity contribution in [3.8, 4) is 0 Å². The van der Waals surface area contributed by atoms with Gasteiger partial charge < -0.3 is 0 Å². The molecule has 2 rings (SSSR count). The maximum atomic E-state index is 4.25. The van der Waals surface area contributed by atoms with E-state index in [-0.39, 0.29) is 0 Å². The van der Waals surface area contributed by atoms with E-state index in [1.807, 2.05) is 0 Å². The summed E-state index contributed by atoms with van der Waals surface area (Å²) in [6, 6.07) is 8.43. The Morgan fingerprint density at radius 1 is 1.33 bits per heavy atom. The van der Waals surface area contributed by atoms with Crippen molar-refractivity contribution in [2.75, 3.05) is 0 Å². The monoisotopic (exact) mass is 153 g/mol. The standard InChI is InChI=1S/C6H5NP2/c1-2-4-6-5(3-1)8-7-9-6/h1-4,8H/q+1. The minimum absolute atomic E-state index is 0.692. The summed E-state index contributed by atoms with van der Waals surface area (Å²) >= 11 is 0. The summed E-state index contributed by atoms with van der Waals surface area (Å²) in [4.78, 5) is 0. The third-order valence-corrected chi connectivity index (χ3v) is 3.52. The lowest BCUT2D eigenvalue weighted by Crippen LogP contribution is -2.08. The van der Waals surface area contributed by atoms with Crippen LogP contribution in [0, 0.1) is 0 Å². The molecule has 0 aliphatic carbocycles. The maximum Gasteiger partial charge on any atom is 0.325 e.